The van der Waals surface area contributed by atoms with Crippen LogP contribution in [0.1, 0.15) is 0 Å². The first-order chi connectivity index (χ1) is 7.62. The predicted molar refractivity (Wildman–Crippen MR) is 60.8 cm³/mol. The van der Waals surface area contributed by atoms with Crippen LogP contribution in [0.4, 0.5) is 5.69 Å². The topological polar surface area (TPSA) is 89.1 Å². The first-order valence-electron chi connectivity index (χ1n) is 4.28. The van der Waals surface area contributed by atoms with Crippen LogP contribution >= 0.6 is 11.6 Å². The van der Waals surface area contributed by atoms with Crippen LogP contribution in [0.5, 0.6) is 11.5 Å². The molecule has 0 amide bonds. The first-order valence-corrected chi connectivity index (χ1v) is 4.66. The molecule has 1 aromatic carbocycles. The highest BCUT2D eigenvalue weighted by Crippen LogP contribution is 2.37. The molecule has 0 unspecified atom stereocenters. The fourth-order valence-electron chi connectivity index (χ4n) is 1.09. The second-order valence-corrected chi connectivity index (χ2v) is 3.17. The highest BCUT2D eigenvalue weighted by Gasteiger charge is 2.09. The summed E-state index contributed by atoms with van der Waals surface area (Å²) in [6, 6.07) is 3.09. The monoisotopic (exact) mass is 245 g/mol. The van der Waals surface area contributed by atoms with Gasteiger partial charge in [-0.1, -0.05) is 11.6 Å². The van der Waals surface area contributed by atoms with Crippen LogP contribution in [0.3, 0.4) is 0 Å². The van der Waals surface area contributed by atoms with Gasteiger partial charge < -0.3 is 15.2 Å². The molecule has 1 rings (SSSR count). The summed E-state index contributed by atoms with van der Waals surface area (Å²) in [5.74, 6) is 0.693. The van der Waals surface area contributed by atoms with Crippen LogP contribution in [0, 0.1) is 0 Å². The normalized spacial score (nSPS) is 11.1. The molecule has 4 N–H and O–H groups in total. The molecule has 6 nitrogen and oxygen atoms in total. The van der Waals surface area contributed by atoms with Crippen LogP contribution in [0.25, 0.3) is 0 Å². The Kier molecular flexibility index (Phi) is 4.21. The van der Waals surface area contributed by atoms with E-state index in [1.165, 1.54) is 14.2 Å². The van der Waals surface area contributed by atoms with E-state index in [4.69, 9.17) is 32.0 Å². The number of hydrogen-bond acceptors (Lipinski definition) is 4. The van der Waals surface area contributed by atoms with Crippen molar-refractivity contribution in [2.75, 3.05) is 14.2 Å². The van der Waals surface area contributed by atoms with Gasteiger partial charge in [-0.25, -0.2) is 10.5 Å². The van der Waals surface area contributed by atoms with Crippen molar-refractivity contribution >= 4 is 23.2 Å². The number of hydrogen-bond donors (Lipinski definition) is 3. The molecule has 0 atom stereocenters. The van der Waals surface area contributed by atoms with Crippen LogP contribution in [0.2, 0.25) is 5.02 Å². The Hall–Kier alpha value is -1.66. The molecule has 88 valence electrons. The molecule has 0 saturated carbocycles. The number of nitrogens with zero attached hydrogens (tertiary/aromatic N) is 1. The van der Waals surface area contributed by atoms with Crippen molar-refractivity contribution in [1.82, 2.24) is 5.48 Å². The molecule has 0 heterocycles. The van der Waals surface area contributed by atoms with Gasteiger partial charge in [0.15, 0.2) is 0 Å². The van der Waals surface area contributed by atoms with Crippen molar-refractivity contribution in [3.05, 3.63) is 17.2 Å². The maximum Gasteiger partial charge on any atom is 0.218 e. The third-order valence-electron chi connectivity index (χ3n) is 1.81. The second kappa shape index (κ2) is 5.43. The summed E-state index contributed by atoms with van der Waals surface area (Å²) in [6.07, 6.45) is 0. The molecular formula is C9H12ClN3O3. The van der Waals surface area contributed by atoms with Crippen LogP contribution in [0.15, 0.2) is 17.1 Å². The maximum absolute atomic E-state index is 8.54. The van der Waals surface area contributed by atoms with E-state index < -0.39 is 0 Å². The fraction of sp³-hybridized carbons (Fsp3) is 0.222. The molecule has 0 fully saturated rings. The molecule has 16 heavy (non-hydrogen) atoms. The number of halogens is 1. The van der Waals surface area contributed by atoms with Crippen LogP contribution < -0.4 is 20.7 Å². The lowest BCUT2D eigenvalue weighted by Crippen LogP contribution is -2.27. The van der Waals surface area contributed by atoms with E-state index in [1.807, 2.05) is 0 Å². The third kappa shape index (κ3) is 2.68. The van der Waals surface area contributed by atoms with E-state index in [-0.39, 0.29) is 5.96 Å². The van der Waals surface area contributed by atoms with E-state index in [0.29, 0.717) is 22.2 Å². The number of guanidine groups is 1. The molecule has 0 aromatic heterocycles. The van der Waals surface area contributed by atoms with E-state index in [0.717, 1.165) is 0 Å². The number of nitrogens with two attached hydrogens (primary N) is 1. The highest BCUT2D eigenvalue weighted by molar-refractivity contribution is 6.32. The minimum atomic E-state index is -0.164. The molecule has 0 spiro atoms. The number of aliphatic imine (C=N–C) groups is 1. The molecular weight excluding hydrogens is 234 g/mol. The smallest absolute Gasteiger partial charge is 0.218 e. The number of ether oxygens (including phenoxy) is 2. The minimum absolute atomic E-state index is 0.164. The van der Waals surface area contributed by atoms with Gasteiger partial charge >= 0.3 is 0 Å². The van der Waals surface area contributed by atoms with Gasteiger partial charge in [-0.3, -0.25) is 5.21 Å². The Labute approximate surface area is 97.6 Å². The number of methoxy groups -OCH3 is 2. The Balaban J connectivity index is 3.25. The van der Waals surface area contributed by atoms with Crippen molar-refractivity contribution in [1.29, 1.82) is 0 Å². The zero-order valence-corrected chi connectivity index (χ0v) is 9.58. The Bertz CT molecular complexity index is 409. The molecule has 1 aromatic rings. The summed E-state index contributed by atoms with van der Waals surface area (Å²) in [6.45, 7) is 0. The van der Waals surface area contributed by atoms with Gasteiger partial charge in [0.1, 0.15) is 17.2 Å². The largest absolute Gasteiger partial charge is 0.495 e. The van der Waals surface area contributed by atoms with E-state index in [1.54, 1.807) is 17.6 Å². The average molecular weight is 246 g/mol. The number of benzene rings is 1. The first kappa shape index (κ1) is 12.4. The molecule has 0 bridgehead atoms. The molecule has 0 aliphatic carbocycles. The van der Waals surface area contributed by atoms with E-state index in [9.17, 15) is 0 Å². The summed E-state index contributed by atoms with van der Waals surface area (Å²) in [4.78, 5) is 3.87. The van der Waals surface area contributed by atoms with E-state index in [2.05, 4.69) is 4.99 Å². The van der Waals surface area contributed by atoms with Crippen LogP contribution in [-0.2, 0) is 0 Å². The summed E-state index contributed by atoms with van der Waals surface area (Å²) in [5, 5.41) is 8.93. The molecule has 7 heteroatoms. The fourth-order valence-corrected chi connectivity index (χ4v) is 1.32. The standard InChI is InChI=1S/C9H12ClN3O3/c1-15-7-4-6(12-9(11)13-14)8(16-2)3-5(7)10/h3-4,14H,1-2H3,(H3,11,12,13). The van der Waals surface area contributed by atoms with E-state index >= 15 is 0 Å². The van der Waals surface area contributed by atoms with Gasteiger partial charge in [-0.15, -0.1) is 0 Å². The molecule has 0 saturated heterocycles. The zero-order chi connectivity index (χ0) is 12.1. The highest BCUT2D eigenvalue weighted by atomic mass is 35.5. The Morgan fingerprint density at radius 1 is 1.38 bits per heavy atom. The van der Waals surface area contributed by atoms with Crippen molar-refractivity contribution in [3.63, 3.8) is 0 Å². The van der Waals surface area contributed by atoms with Gasteiger partial charge in [0.25, 0.3) is 0 Å². The zero-order valence-electron chi connectivity index (χ0n) is 8.82. The lowest BCUT2D eigenvalue weighted by molar-refractivity contribution is 0.233. The van der Waals surface area contributed by atoms with Crippen LogP contribution in [-0.4, -0.2) is 25.4 Å². The average Bonchev–Trinajstić information content (AvgIpc) is 2.30. The quantitative estimate of drug-likeness (QED) is 0.424. The number of rotatable bonds is 3. The van der Waals surface area contributed by atoms with Gasteiger partial charge in [0, 0.05) is 12.1 Å². The second-order valence-electron chi connectivity index (χ2n) is 2.77. The lowest BCUT2D eigenvalue weighted by atomic mass is 10.3. The van der Waals surface area contributed by atoms with Gasteiger partial charge in [-0.2, -0.15) is 0 Å². The summed E-state index contributed by atoms with van der Waals surface area (Å²) >= 11 is 5.90. The number of hydroxylamine groups is 1. The summed E-state index contributed by atoms with van der Waals surface area (Å²) in [5.41, 5.74) is 7.42. The molecule has 0 radical (unpaired) electrons. The van der Waals surface area contributed by atoms with Gasteiger partial charge in [0.05, 0.1) is 19.2 Å². The molecule has 0 aliphatic rings. The number of nitrogens with one attached hydrogen (secondary N) is 1. The van der Waals surface area contributed by atoms with Gasteiger partial charge in [-0.05, 0) is 0 Å². The minimum Gasteiger partial charge on any atom is -0.495 e. The summed E-state index contributed by atoms with van der Waals surface area (Å²) in [7, 11) is 2.95. The van der Waals surface area contributed by atoms with Crippen molar-refractivity contribution in [3.8, 4) is 11.5 Å². The Morgan fingerprint density at radius 3 is 2.50 bits per heavy atom. The summed E-state index contributed by atoms with van der Waals surface area (Å²) < 4.78 is 10.1. The molecule has 0 aliphatic heterocycles. The predicted octanol–water partition coefficient (Wildman–Crippen LogP) is 1.28. The van der Waals surface area contributed by atoms with Crippen molar-refractivity contribution in [2.45, 2.75) is 0 Å². The maximum atomic E-state index is 8.54. The van der Waals surface area contributed by atoms with Gasteiger partial charge in [0.2, 0.25) is 5.96 Å². The SMILES string of the molecule is COc1cc(N=C(N)NO)c(OC)cc1Cl. The lowest BCUT2D eigenvalue weighted by Gasteiger charge is -2.09. The van der Waals surface area contributed by atoms with Crippen molar-refractivity contribution < 1.29 is 14.7 Å². The Morgan fingerprint density at radius 2 is 2.00 bits per heavy atom. The third-order valence-corrected chi connectivity index (χ3v) is 2.10. The van der Waals surface area contributed by atoms with Crippen molar-refractivity contribution in [2.24, 2.45) is 10.7 Å².